The SMILES string of the molecule is CC(C)CCn1cc(C=O)c2cc(Br)ccc21. The van der Waals surface area contributed by atoms with Crippen molar-refractivity contribution in [3.05, 3.63) is 34.4 Å². The van der Waals surface area contributed by atoms with Crippen molar-refractivity contribution in [2.24, 2.45) is 5.92 Å². The zero-order valence-electron chi connectivity index (χ0n) is 10.1. The largest absolute Gasteiger partial charge is 0.347 e. The Morgan fingerprint density at radius 2 is 2.18 bits per heavy atom. The van der Waals surface area contributed by atoms with Crippen molar-refractivity contribution in [3.63, 3.8) is 0 Å². The first kappa shape index (κ1) is 12.4. The Bertz CT molecular complexity index is 542. The number of aldehydes is 1. The van der Waals surface area contributed by atoms with Crippen molar-refractivity contribution in [2.75, 3.05) is 0 Å². The number of nitrogens with zero attached hydrogens (tertiary/aromatic N) is 1. The van der Waals surface area contributed by atoms with Gasteiger partial charge in [0.15, 0.2) is 6.29 Å². The zero-order valence-corrected chi connectivity index (χ0v) is 11.7. The Hall–Kier alpha value is -1.09. The van der Waals surface area contributed by atoms with E-state index >= 15 is 0 Å². The van der Waals surface area contributed by atoms with Crippen LogP contribution in [0.2, 0.25) is 0 Å². The molecule has 0 saturated heterocycles. The number of carbonyl (C=O) groups is 1. The van der Waals surface area contributed by atoms with Crippen molar-refractivity contribution in [1.29, 1.82) is 0 Å². The van der Waals surface area contributed by atoms with Gasteiger partial charge in [0.2, 0.25) is 0 Å². The third kappa shape index (κ3) is 2.60. The van der Waals surface area contributed by atoms with E-state index in [1.807, 2.05) is 18.3 Å². The summed E-state index contributed by atoms with van der Waals surface area (Å²) in [5.74, 6) is 0.669. The lowest BCUT2D eigenvalue weighted by atomic mass is 10.1. The Kier molecular flexibility index (Phi) is 3.67. The van der Waals surface area contributed by atoms with E-state index in [9.17, 15) is 4.79 Å². The molecule has 90 valence electrons. The van der Waals surface area contributed by atoms with Gasteiger partial charge < -0.3 is 4.57 Å². The van der Waals surface area contributed by atoms with Gasteiger partial charge in [-0.25, -0.2) is 0 Å². The van der Waals surface area contributed by atoms with E-state index < -0.39 is 0 Å². The number of carbonyl (C=O) groups excluding carboxylic acids is 1. The number of aryl methyl sites for hydroxylation is 1. The molecular formula is C14H16BrNO. The molecule has 0 fully saturated rings. The van der Waals surface area contributed by atoms with Crippen LogP contribution in [0.3, 0.4) is 0 Å². The van der Waals surface area contributed by atoms with Crippen molar-refractivity contribution in [2.45, 2.75) is 26.8 Å². The molecule has 2 rings (SSSR count). The molecule has 1 aromatic heterocycles. The van der Waals surface area contributed by atoms with Gasteiger partial charge >= 0.3 is 0 Å². The van der Waals surface area contributed by atoms with Crippen LogP contribution in [0.5, 0.6) is 0 Å². The van der Waals surface area contributed by atoms with E-state index in [1.54, 1.807) is 0 Å². The summed E-state index contributed by atoms with van der Waals surface area (Å²) in [5, 5.41) is 1.03. The fraction of sp³-hybridized carbons (Fsp3) is 0.357. The summed E-state index contributed by atoms with van der Waals surface area (Å²) in [7, 11) is 0. The summed E-state index contributed by atoms with van der Waals surface area (Å²) in [6, 6.07) is 6.08. The highest BCUT2D eigenvalue weighted by atomic mass is 79.9. The van der Waals surface area contributed by atoms with Gasteiger partial charge in [-0.2, -0.15) is 0 Å². The quantitative estimate of drug-likeness (QED) is 0.772. The molecule has 1 heterocycles. The van der Waals surface area contributed by atoms with E-state index in [-0.39, 0.29) is 0 Å². The third-order valence-electron chi connectivity index (χ3n) is 2.95. The lowest BCUT2D eigenvalue weighted by Gasteiger charge is -2.07. The van der Waals surface area contributed by atoms with Gasteiger partial charge in [0.25, 0.3) is 0 Å². The monoisotopic (exact) mass is 293 g/mol. The first-order valence-corrected chi connectivity index (χ1v) is 6.64. The molecule has 0 aliphatic carbocycles. The van der Waals surface area contributed by atoms with Crippen LogP contribution in [0.15, 0.2) is 28.9 Å². The Morgan fingerprint density at radius 3 is 2.82 bits per heavy atom. The molecule has 2 nitrogen and oxygen atoms in total. The van der Waals surface area contributed by atoms with Crippen LogP contribution in [-0.2, 0) is 6.54 Å². The molecule has 0 aliphatic rings. The highest BCUT2D eigenvalue weighted by Crippen LogP contribution is 2.24. The molecule has 1 aromatic carbocycles. The van der Waals surface area contributed by atoms with Gasteiger partial charge in [0.1, 0.15) is 0 Å². The van der Waals surface area contributed by atoms with Crippen molar-refractivity contribution < 1.29 is 4.79 Å². The van der Waals surface area contributed by atoms with E-state index in [0.717, 1.165) is 40.2 Å². The highest BCUT2D eigenvalue weighted by molar-refractivity contribution is 9.10. The molecular weight excluding hydrogens is 278 g/mol. The number of fused-ring (bicyclic) bond motifs is 1. The van der Waals surface area contributed by atoms with E-state index in [2.05, 4.69) is 40.4 Å². The first-order chi connectivity index (χ1) is 8.11. The second-order valence-corrected chi connectivity index (χ2v) is 5.66. The zero-order chi connectivity index (χ0) is 12.4. The lowest BCUT2D eigenvalue weighted by molar-refractivity contribution is 0.112. The number of halogens is 1. The van der Waals surface area contributed by atoms with Gasteiger partial charge in [-0.05, 0) is 30.5 Å². The Morgan fingerprint density at radius 1 is 1.41 bits per heavy atom. The molecule has 3 heteroatoms. The maximum absolute atomic E-state index is 11.1. The molecule has 0 spiro atoms. The van der Waals surface area contributed by atoms with Gasteiger partial charge in [-0.3, -0.25) is 4.79 Å². The molecule has 0 bridgehead atoms. The molecule has 0 aliphatic heterocycles. The summed E-state index contributed by atoms with van der Waals surface area (Å²) < 4.78 is 3.18. The first-order valence-electron chi connectivity index (χ1n) is 5.85. The predicted molar refractivity (Wildman–Crippen MR) is 74.5 cm³/mol. The van der Waals surface area contributed by atoms with Crippen LogP contribution < -0.4 is 0 Å². The minimum atomic E-state index is 0.669. The molecule has 0 amide bonds. The summed E-state index contributed by atoms with van der Waals surface area (Å²) in [5.41, 5.74) is 1.90. The van der Waals surface area contributed by atoms with Gasteiger partial charge in [0, 0.05) is 33.7 Å². The van der Waals surface area contributed by atoms with Gasteiger partial charge in [-0.15, -0.1) is 0 Å². The number of benzene rings is 1. The van der Waals surface area contributed by atoms with E-state index in [1.165, 1.54) is 0 Å². The lowest BCUT2D eigenvalue weighted by Crippen LogP contribution is -1.99. The summed E-state index contributed by atoms with van der Waals surface area (Å²) >= 11 is 3.44. The van der Waals surface area contributed by atoms with Crippen LogP contribution in [0.25, 0.3) is 10.9 Å². The van der Waals surface area contributed by atoms with Crippen LogP contribution in [0.4, 0.5) is 0 Å². The average Bonchev–Trinajstić information content (AvgIpc) is 2.63. The second-order valence-electron chi connectivity index (χ2n) is 4.74. The van der Waals surface area contributed by atoms with E-state index in [4.69, 9.17) is 0 Å². The van der Waals surface area contributed by atoms with Crippen LogP contribution in [0, 0.1) is 5.92 Å². The second kappa shape index (κ2) is 5.05. The normalized spacial score (nSPS) is 11.3. The fourth-order valence-corrected chi connectivity index (χ4v) is 2.33. The molecule has 0 atom stereocenters. The number of aromatic nitrogens is 1. The highest BCUT2D eigenvalue weighted by Gasteiger charge is 2.08. The summed E-state index contributed by atoms with van der Waals surface area (Å²) in [4.78, 5) is 11.1. The van der Waals surface area contributed by atoms with Gasteiger partial charge in [0.05, 0.1) is 0 Å². The molecule has 0 N–H and O–H groups in total. The summed E-state index contributed by atoms with van der Waals surface area (Å²) in [6.07, 6.45) is 4.01. The van der Waals surface area contributed by atoms with Crippen LogP contribution >= 0.6 is 15.9 Å². The summed E-state index contributed by atoms with van der Waals surface area (Å²) in [6.45, 7) is 5.38. The van der Waals surface area contributed by atoms with Crippen molar-refractivity contribution in [1.82, 2.24) is 4.57 Å². The number of hydrogen-bond donors (Lipinski definition) is 0. The smallest absolute Gasteiger partial charge is 0.152 e. The predicted octanol–water partition coefficient (Wildman–Crippen LogP) is 4.26. The number of rotatable bonds is 4. The topological polar surface area (TPSA) is 22.0 Å². The third-order valence-corrected chi connectivity index (χ3v) is 3.44. The molecule has 2 aromatic rings. The molecule has 0 unspecified atom stereocenters. The standard InChI is InChI=1S/C14H16BrNO/c1-10(2)5-6-16-8-11(9-17)13-7-12(15)3-4-14(13)16/h3-4,7-10H,5-6H2,1-2H3. The van der Waals surface area contributed by atoms with Crippen LogP contribution in [-0.4, -0.2) is 10.9 Å². The van der Waals surface area contributed by atoms with Gasteiger partial charge in [-0.1, -0.05) is 29.8 Å². The van der Waals surface area contributed by atoms with Crippen LogP contribution in [0.1, 0.15) is 30.6 Å². The molecule has 17 heavy (non-hydrogen) atoms. The molecule has 0 saturated carbocycles. The Labute approximate surface area is 110 Å². The Balaban J connectivity index is 2.46. The van der Waals surface area contributed by atoms with Crippen molar-refractivity contribution in [3.8, 4) is 0 Å². The fourth-order valence-electron chi connectivity index (χ4n) is 1.97. The van der Waals surface area contributed by atoms with Crippen molar-refractivity contribution >= 4 is 33.1 Å². The number of hydrogen-bond acceptors (Lipinski definition) is 1. The minimum absolute atomic E-state index is 0.669. The maximum Gasteiger partial charge on any atom is 0.152 e. The average molecular weight is 294 g/mol. The molecule has 0 radical (unpaired) electrons. The minimum Gasteiger partial charge on any atom is -0.347 e. The maximum atomic E-state index is 11.1. The van der Waals surface area contributed by atoms with E-state index in [0.29, 0.717) is 5.92 Å².